The van der Waals surface area contributed by atoms with Crippen molar-refractivity contribution in [2.45, 2.75) is 32.1 Å². The molecule has 0 saturated heterocycles. The van der Waals surface area contributed by atoms with Gasteiger partial charge < -0.3 is 5.73 Å². The highest BCUT2D eigenvalue weighted by Gasteiger charge is 2.20. The Hall–Kier alpha value is -1.91. The fourth-order valence-electron chi connectivity index (χ4n) is 2.32. The minimum Gasteiger partial charge on any atom is -0.369 e. The molecule has 2 rings (SSSR count). The second-order valence-corrected chi connectivity index (χ2v) is 4.36. The van der Waals surface area contributed by atoms with E-state index in [9.17, 15) is 14.9 Å². The number of hydrogen-bond acceptors (Lipinski definition) is 3. The Bertz CT molecular complexity index is 483. The van der Waals surface area contributed by atoms with Gasteiger partial charge in [-0.3, -0.25) is 14.9 Å². The Morgan fingerprint density at radius 3 is 2.41 bits per heavy atom. The van der Waals surface area contributed by atoms with Crippen LogP contribution in [0, 0.1) is 10.1 Å². The Morgan fingerprint density at radius 1 is 1.29 bits per heavy atom. The summed E-state index contributed by atoms with van der Waals surface area (Å²) < 4.78 is 0. The summed E-state index contributed by atoms with van der Waals surface area (Å²) in [6.45, 7) is 0. The van der Waals surface area contributed by atoms with Crippen molar-refractivity contribution >= 4 is 11.6 Å². The molecule has 5 nitrogen and oxygen atoms in total. The van der Waals surface area contributed by atoms with Crippen LogP contribution in [-0.2, 0) is 24.1 Å². The van der Waals surface area contributed by atoms with Crippen LogP contribution in [0.3, 0.4) is 0 Å². The number of carbonyl (C=O) groups is 1. The number of hydrogen-bond donors (Lipinski definition) is 1. The van der Waals surface area contributed by atoms with Crippen molar-refractivity contribution in [3.8, 4) is 0 Å². The average Bonchev–Trinajstić information content (AvgIpc) is 2.27. The van der Waals surface area contributed by atoms with E-state index in [-0.39, 0.29) is 12.1 Å². The molecule has 1 amide bonds. The van der Waals surface area contributed by atoms with Crippen molar-refractivity contribution < 1.29 is 9.72 Å². The highest BCUT2D eigenvalue weighted by molar-refractivity contribution is 5.78. The molecule has 1 aliphatic rings. The van der Waals surface area contributed by atoms with Crippen LogP contribution in [0.2, 0.25) is 0 Å². The lowest BCUT2D eigenvalue weighted by Crippen LogP contribution is -2.16. The van der Waals surface area contributed by atoms with E-state index in [1.807, 2.05) is 0 Å². The quantitative estimate of drug-likeness (QED) is 0.635. The first-order valence-electron chi connectivity index (χ1n) is 5.65. The molecule has 0 atom stereocenters. The van der Waals surface area contributed by atoms with Crippen molar-refractivity contribution in [3.05, 3.63) is 38.9 Å². The van der Waals surface area contributed by atoms with Gasteiger partial charge in [-0.05, 0) is 42.9 Å². The van der Waals surface area contributed by atoms with E-state index >= 15 is 0 Å². The van der Waals surface area contributed by atoms with Gasteiger partial charge in [0.25, 0.3) is 5.69 Å². The molecule has 0 aliphatic heterocycles. The maximum atomic E-state index is 10.9. The van der Waals surface area contributed by atoms with Crippen LogP contribution < -0.4 is 5.73 Å². The van der Waals surface area contributed by atoms with Crippen LogP contribution in [0.5, 0.6) is 0 Å². The van der Waals surface area contributed by atoms with Crippen LogP contribution in [-0.4, -0.2) is 10.8 Å². The van der Waals surface area contributed by atoms with E-state index in [1.165, 1.54) is 0 Å². The number of carbonyl (C=O) groups excluding carboxylic acids is 1. The SMILES string of the molecule is NC(=O)Cc1cc2c(cc1[N+](=O)[O-])CCCC2. The fraction of sp³-hybridized carbons (Fsp3) is 0.417. The molecule has 1 aromatic rings. The van der Waals surface area contributed by atoms with E-state index < -0.39 is 10.8 Å². The largest absolute Gasteiger partial charge is 0.369 e. The van der Waals surface area contributed by atoms with Crippen molar-refractivity contribution in [2.24, 2.45) is 5.73 Å². The molecule has 0 saturated carbocycles. The second kappa shape index (κ2) is 4.53. The Kier molecular flexibility index (Phi) is 3.08. The van der Waals surface area contributed by atoms with Crippen LogP contribution >= 0.6 is 0 Å². The van der Waals surface area contributed by atoms with E-state index in [0.717, 1.165) is 36.8 Å². The molecule has 17 heavy (non-hydrogen) atoms. The number of nitrogens with zero attached hydrogens (tertiary/aromatic N) is 1. The summed E-state index contributed by atoms with van der Waals surface area (Å²) in [5.74, 6) is -0.538. The first kappa shape index (κ1) is 11.6. The maximum Gasteiger partial charge on any atom is 0.273 e. The zero-order valence-corrected chi connectivity index (χ0v) is 9.44. The van der Waals surface area contributed by atoms with Gasteiger partial charge in [0, 0.05) is 11.6 Å². The molecule has 90 valence electrons. The molecule has 0 aromatic heterocycles. The van der Waals surface area contributed by atoms with Gasteiger partial charge in [0.2, 0.25) is 5.91 Å². The van der Waals surface area contributed by atoms with Crippen molar-refractivity contribution in [3.63, 3.8) is 0 Å². The van der Waals surface area contributed by atoms with Gasteiger partial charge in [-0.1, -0.05) is 0 Å². The molecular formula is C12H14N2O3. The fourth-order valence-corrected chi connectivity index (χ4v) is 2.32. The van der Waals surface area contributed by atoms with Gasteiger partial charge in [-0.25, -0.2) is 0 Å². The van der Waals surface area contributed by atoms with Crippen LogP contribution in [0.25, 0.3) is 0 Å². The van der Waals surface area contributed by atoms with E-state index in [0.29, 0.717) is 5.56 Å². The lowest BCUT2D eigenvalue weighted by Gasteiger charge is -2.16. The number of aryl methyl sites for hydroxylation is 2. The third kappa shape index (κ3) is 2.43. The molecule has 0 unspecified atom stereocenters. The van der Waals surface area contributed by atoms with Crippen molar-refractivity contribution in [2.75, 3.05) is 0 Å². The molecule has 5 heteroatoms. The zero-order chi connectivity index (χ0) is 12.4. The van der Waals surface area contributed by atoms with Gasteiger partial charge in [0.1, 0.15) is 0 Å². The third-order valence-electron chi connectivity index (χ3n) is 3.10. The predicted octanol–water partition coefficient (Wildman–Crippen LogP) is 1.50. The van der Waals surface area contributed by atoms with Crippen LogP contribution in [0.1, 0.15) is 29.5 Å². The van der Waals surface area contributed by atoms with Gasteiger partial charge in [0.15, 0.2) is 0 Å². The van der Waals surface area contributed by atoms with Gasteiger partial charge in [-0.15, -0.1) is 0 Å². The van der Waals surface area contributed by atoms with E-state index in [4.69, 9.17) is 5.73 Å². The number of primary amides is 1. The summed E-state index contributed by atoms with van der Waals surface area (Å²) in [6.07, 6.45) is 3.91. The van der Waals surface area contributed by atoms with Crippen LogP contribution in [0.4, 0.5) is 5.69 Å². The first-order valence-corrected chi connectivity index (χ1v) is 5.65. The summed E-state index contributed by atoms with van der Waals surface area (Å²) in [5, 5.41) is 10.9. The molecule has 0 fully saturated rings. The average molecular weight is 234 g/mol. The highest BCUT2D eigenvalue weighted by atomic mass is 16.6. The minimum atomic E-state index is -0.538. The highest BCUT2D eigenvalue weighted by Crippen LogP contribution is 2.29. The minimum absolute atomic E-state index is 0.0180. The molecule has 0 radical (unpaired) electrons. The Labute approximate surface area is 98.8 Å². The summed E-state index contributed by atoms with van der Waals surface area (Å²) in [5.41, 5.74) is 7.72. The number of nitrogens with two attached hydrogens (primary N) is 1. The van der Waals surface area contributed by atoms with Gasteiger partial charge >= 0.3 is 0 Å². The number of rotatable bonds is 3. The number of nitro groups is 1. The standard InChI is InChI=1S/C12H14N2O3/c13-12(15)7-10-5-8-3-1-2-4-9(8)6-11(10)14(16)17/h5-6H,1-4,7H2,(H2,13,15). The van der Waals surface area contributed by atoms with Crippen LogP contribution in [0.15, 0.2) is 12.1 Å². The summed E-state index contributed by atoms with van der Waals surface area (Å²) in [4.78, 5) is 21.4. The van der Waals surface area contributed by atoms with Gasteiger partial charge in [0.05, 0.1) is 11.3 Å². The molecule has 0 bridgehead atoms. The topological polar surface area (TPSA) is 86.2 Å². The normalized spacial score (nSPS) is 14.1. The number of fused-ring (bicyclic) bond motifs is 1. The number of amides is 1. The molecule has 1 aromatic carbocycles. The van der Waals surface area contributed by atoms with E-state index in [1.54, 1.807) is 12.1 Å². The summed E-state index contributed by atoms with van der Waals surface area (Å²) in [6, 6.07) is 3.38. The maximum absolute atomic E-state index is 10.9. The smallest absolute Gasteiger partial charge is 0.273 e. The molecule has 2 N–H and O–H groups in total. The second-order valence-electron chi connectivity index (χ2n) is 4.36. The lowest BCUT2D eigenvalue weighted by molar-refractivity contribution is -0.385. The Morgan fingerprint density at radius 2 is 1.88 bits per heavy atom. The molecule has 0 heterocycles. The molecule has 0 spiro atoms. The number of nitro benzene ring substituents is 1. The number of benzene rings is 1. The third-order valence-corrected chi connectivity index (χ3v) is 3.10. The molecule has 1 aliphatic carbocycles. The zero-order valence-electron chi connectivity index (χ0n) is 9.44. The van der Waals surface area contributed by atoms with E-state index in [2.05, 4.69) is 0 Å². The van der Waals surface area contributed by atoms with Crippen molar-refractivity contribution in [1.29, 1.82) is 0 Å². The van der Waals surface area contributed by atoms with Gasteiger partial charge in [-0.2, -0.15) is 0 Å². The Balaban J connectivity index is 2.47. The predicted molar refractivity (Wildman–Crippen MR) is 62.6 cm³/mol. The summed E-state index contributed by atoms with van der Waals surface area (Å²) >= 11 is 0. The summed E-state index contributed by atoms with van der Waals surface area (Å²) in [7, 11) is 0. The van der Waals surface area contributed by atoms with Crippen molar-refractivity contribution in [1.82, 2.24) is 0 Å². The lowest BCUT2D eigenvalue weighted by atomic mass is 9.89. The first-order chi connectivity index (χ1) is 8.08. The monoisotopic (exact) mass is 234 g/mol. The molecular weight excluding hydrogens is 220 g/mol.